The lowest BCUT2D eigenvalue weighted by Gasteiger charge is -2.20. The molecule has 0 aliphatic rings. The lowest BCUT2D eigenvalue weighted by Crippen LogP contribution is -2.27. The second-order valence-corrected chi connectivity index (χ2v) is 7.22. The highest BCUT2D eigenvalue weighted by Gasteiger charge is 2.23. The monoisotopic (exact) mass is 382 g/mol. The van der Waals surface area contributed by atoms with Crippen LogP contribution in [0.3, 0.4) is 0 Å². The highest BCUT2D eigenvalue weighted by atomic mass is 32.1. The Hall–Kier alpha value is -2.86. The maximum absolute atomic E-state index is 12.7. The SMILES string of the molecule is COc1ccc(-c2csc(N(C(=O)OCC(C)C)c3ccccc3)n2)cc1. The first-order chi connectivity index (χ1) is 13.1. The van der Waals surface area contributed by atoms with E-state index in [2.05, 4.69) is 4.98 Å². The van der Waals surface area contributed by atoms with Crippen LogP contribution in [0.1, 0.15) is 13.8 Å². The normalized spacial score (nSPS) is 10.7. The average molecular weight is 382 g/mol. The third-order valence-electron chi connectivity index (χ3n) is 3.81. The highest BCUT2D eigenvalue weighted by molar-refractivity contribution is 7.14. The summed E-state index contributed by atoms with van der Waals surface area (Å²) in [4.78, 5) is 18.9. The van der Waals surface area contributed by atoms with Gasteiger partial charge >= 0.3 is 6.09 Å². The van der Waals surface area contributed by atoms with E-state index in [-0.39, 0.29) is 5.92 Å². The molecule has 0 radical (unpaired) electrons. The van der Waals surface area contributed by atoms with Crippen LogP contribution in [0.25, 0.3) is 11.3 Å². The number of hydrogen-bond donors (Lipinski definition) is 0. The average Bonchev–Trinajstić information content (AvgIpc) is 3.17. The number of carbonyl (C=O) groups excluding carboxylic acids is 1. The fraction of sp³-hybridized carbons (Fsp3) is 0.238. The molecule has 0 fully saturated rings. The Morgan fingerprint density at radius 2 is 1.81 bits per heavy atom. The fourth-order valence-electron chi connectivity index (χ4n) is 2.43. The number of nitrogens with zero attached hydrogens (tertiary/aromatic N) is 2. The lowest BCUT2D eigenvalue weighted by molar-refractivity contribution is 0.142. The number of benzene rings is 2. The van der Waals surface area contributed by atoms with Gasteiger partial charge in [-0.15, -0.1) is 11.3 Å². The molecule has 0 unspecified atom stereocenters. The molecule has 1 amide bonds. The van der Waals surface area contributed by atoms with Crippen LogP contribution < -0.4 is 9.64 Å². The molecule has 0 aliphatic carbocycles. The molecular formula is C21H22N2O3S. The number of carbonyl (C=O) groups is 1. The van der Waals surface area contributed by atoms with Gasteiger partial charge in [0.25, 0.3) is 0 Å². The number of para-hydroxylation sites is 1. The van der Waals surface area contributed by atoms with Crippen LogP contribution in [0, 0.1) is 5.92 Å². The molecule has 3 rings (SSSR count). The van der Waals surface area contributed by atoms with Crippen LogP contribution >= 0.6 is 11.3 Å². The molecule has 1 aromatic heterocycles. The van der Waals surface area contributed by atoms with Gasteiger partial charge in [0.1, 0.15) is 5.75 Å². The molecule has 0 bridgehead atoms. The van der Waals surface area contributed by atoms with Crippen LogP contribution in [-0.4, -0.2) is 24.8 Å². The fourth-order valence-corrected chi connectivity index (χ4v) is 3.28. The van der Waals surface area contributed by atoms with Gasteiger partial charge in [0.15, 0.2) is 5.13 Å². The van der Waals surface area contributed by atoms with Gasteiger partial charge in [-0.05, 0) is 42.3 Å². The van der Waals surface area contributed by atoms with Crippen LogP contribution in [-0.2, 0) is 4.74 Å². The Kier molecular flexibility index (Phi) is 6.08. The molecule has 0 aliphatic heterocycles. The van der Waals surface area contributed by atoms with Crippen molar-refractivity contribution in [3.63, 3.8) is 0 Å². The summed E-state index contributed by atoms with van der Waals surface area (Å²) in [6.07, 6.45) is -0.425. The summed E-state index contributed by atoms with van der Waals surface area (Å²) in [7, 11) is 1.64. The van der Waals surface area contributed by atoms with E-state index >= 15 is 0 Å². The molecule has 6 heteroatoms. The van der Waals surface area contributed by atoms with E-state index in [9.17, 15) is 4.79 Å². The van der Waals surface area contributed by atoms with Gasteiger partial charge in [0.05, 0.1) is 25.1 Å². The van der Waals surface area contributed by atoms with Crippen molar-refractivity contribution in [2.45, 2.75) is 13.8 Å². The molecular weight excluding hydrogens is 360 g/mol. The highest BCUT2D eigenvalue weighted by Crippen LogP contribution is 2.33. The third kappa shape index (κ3) is 4.65. The topological polar surface area (TPSA) is 51.7 Å². The Morgan fingerprint density at radius 1 is 1.11 bits per heavy atom. The van der Waals surface area contributed by atoms with E-state index in [1.54, 1.807) is 7.11 Å². The minimum atomic E-state index is -0.425. The third-order valence-corrected chi connectivity index (χ3v) is 4.63. The first kappa shape index (κ1) is 18.9. The van der Waals surface area contributed by atoms with Crippen molar-refractivity contribution in [2.75, 3.05) is 18.6 Å². The second-order valence-electron chi connectivity index (χ2n) is 6.39. The quantitative estimate of drug-likeness (QED) is 0.545. The molecule has 0 saturated heterocycles. The maximum Gasteiger partial charge on any atom is 0.420 e. The van der Waals surface area contributed by atoms with Crippen LogP contribution in [0.5, 0.6) is 5.75 Å². The summed E-state index contributed by atoms with van der Waals surface area (Å²) < 4.78 is 10.7. The zero-order valence-electron chi connectivity index (χ0n) is 15.6. The number of thiazole rings is 1. The molecule has 1 heterocycles. The minimum absolute atomic E-state index is 0.262. The number of methoxy groups -OCH3 is 1. The standard InChI is InChI=1S/C21H22N2O3S/c1-15(2)13-26-21(24)23(17-7-5-4-6-8-17)20-22-19(14-27-20)16-9-11-18(25-3)12-10-16/h4-12,14-15H,13H2,1-3H3. The van der Waals surface area contributed by atoms with Crippen LogP contribution in [0.2, 0.25) is 0 Å². The van der Waals surface area contributed by atoms with Crippen LogP contribution in [0.15, 0.2) is 60.0 Å². The van der Waals surface area contributed by atoms with Crippen molar-refractivity contribution in [1.29, 1.82) is 0 Å². The lowest BCUT2D eigenvalue weighted by atomic mass is 10.2. The van der Waals surface area contributed by atoms with Crippen molar-refractivity contribution in [3.8, 4) is 17.0 Å². The van der Waals surface area contributed by atoms with E-state index in [4.69, 9.17) is 9.47 Å². The minimum Gasteiger partial charge on any atom is -0.497 e. The molecule has 0 atom stereocenters. The smallest absolute Gasteiger partial charge is 0.420 e. The van der Waals surface area contributed by atoms with Gasteiger partial charge < -0.3 is 9.47 Å². The van der Waals surface area contributed by atoms with E-state index in [1.165, 1.54) is 16.2 Å². The van der Waals surface area contributed by atoms with Gasteiger partial charge in [0, 0.05) is 10.9 Å². The Balaban J connectivity index is 1.90. The molecule has 5 nitrogen and oxygen atoms in total. The summed E-state index contributed by atoms with van der Waals surface area (Å²) >= 11 is 1.40. The molecule has 0 spiro atoms. The summed E-state index contributed by atoms with van der Waals surface area (Å²) in [6.45, 7) is 4.37. The van der Waals surface area contributed by atoms with Crippen LogP contribution in [0.4, 0.5) is 15.6 Å². The zero-order valence-corrected chi connectivity index (χ0v) is 16.4. The molecule has 2 aromatic carbocycles. The summed E-state index contributed by atoms with van der Waals surface area (Å²) in [5.74, 6) is 1.05. The van der Waals surface area contributed by atoms with Gasteiger partial charge in [-0.25, -0.2) is 14.7 Å². The number of amides is 1. The van der Waals surface area contributed by atoms with Gasteiger partial charge in [-0.3, -0.25) is 0 Å². The van der Waals surface area contributed by atoms with Gasteiger partial charge in [-0.1, -0.05) is 32.0 Å². The second kappa shape index (κ2) is 8.68. The van der Waals surface area contributed by atoms with E-state index in [0.29, 0.717) is 11.7 Å². The van der Waals surface area contributed by atoms with E-state index in [1.807, 2.05) is 73.8 Å². The first-order valence-electron chi connectivity index (χ1n) is 8.70. The molecule has 3 aromatic rings. The predicted molar refractivity (Wildman–Crippen MR) is 109 cm³/mol. The zero-order chi connectivity index (χ0) is 19.2. The first-order valence-corrected chi connectivity index (χ1v) is 9.58. The van der Waals surface area contributed by atoms with Crippen molar-refractivity contribution in [3.05, 3.63) is 60.0 Å². The number of anilines is 2. The maximum atomic E-state index is 12.7. The molecule has 0 saturated carbocycles. The largest absolute Gasteiger partial charge is 0.497 e. The Bertz CT molecular complexity index is 876. The van der Waals surface area contributed by atoms with Crippen molar-refractivity contribution < 1.29 is 14.3 Å². The van der Waals surface area contributed by atoms with Crippen molar-refractivity contribution >= 4 is 28.2 Å². The molecule has 140 valence electrons. The Labute approximate surface area is 163 Å². The predicted octanol–water partition coefficient (Wildman–Crippen LogP) is 5.75. The van der Waals surface area contributed by atoms with E-state index in [0.717, 1.165) is 22.7 Å². The van der Waals surface area contributed by atoms with E-state index < -0.39 is 6.09 Å². The van der Waals surface area contributed by atoms with Gasteiger partial charge in [-0.2, -0.15) is 0 Å². The van der Waals surface area contributed by atoms with Gasteiger partial charge in [0.2, 0.25) is 0 Å². The summed E-state index contributed by atoms with van der Waals surface area (Å²) in [5.41, 5.74) is 2.49. The summed E-state index contributed by atoms with van der Waals surface area (Å²) in [5, 5.41) is 2.50. The van der Waals surface area contributed by atoms with Crippen molar-refractivity contribution in [2.24, 2.45) is 5.92 Å². The van der Waals surface area contributed by atoms with Crippen molar-refractivity contribution in [1.82, 2.24) is 4.98 Å². The number of ether oxygens (including phenoxy) is 2. The molecule has 27 heavy (non-hydrogen) atoms. The molecule has 0 N–H and O–H groups in total. The summed E-state index contributed by atoms with van der Waals surface area (Å²) in [6, 6.07) is 17.1. The number of hydrogen-bond acceptors (Lipinski definition) is 5. The Morgan fingerprint density at radius 3 is 2.44 bits per heavy atom. The number of rotatable bonds is 6. The number of aromatic nitrogens is 1.